The Morgan fingerprint density at radius 1 is 1.39 bits per heavy atom. The van der Waals surface area contributed by atoms with Crippen molar-refractivity contribution in [3.05, 3.63) is 35.9 Å². The SMILES string of the molecule is CC1CCN(C(C)c2ccccc2)C1=O.CCF. The predicted molar refractivity (Wildman–Crippen MR) is 72.0 cm³/mol. The summed E-state index contributed by atoms with van der Waals surface area (Å²) in [7, 11) is 0. The lowest BCUT2D eigenvalue weighted by Gasteiger charge is -2.24. The van der Waals surface area contributed by atoms with Gasteiger partial charge >= 0.3 is 0 Å². The number of hydrogen-bond donors (Lipinski definition) is 0. The topological polar surface area (TPSA) is 20.3 Å². The third kappa shape index (κ3) is 3.56. The van der Waals surface area contributed by atoms with Crippen LogP contribution in [0.4, 0.5) is 4.39 Å². The van der Waals surface area contributed by atoms with Crippen LogP contribution in [0.5, 0.6) is 0 Å². The first-order valence-corrected chi connectivity index (χ1v) is 6.53. The van der Waals surface area contributed by atoms with Gasteiger partial charge in [0.2, 0.25) is 5.91 Å². The number of amides is 1. The van der Waals surface area contributed by atoms with Crippen molar-refractivity contribution in [3.8, 4) is 0 Å². The second-order valence-corrected chi connectivity index (χ2v) is 4.58. The fourth-order valence-electron chi connectivity index (χ4n) is 2.15. The van der Waals surface area contributed by atoms with Crippen molar-refractivity contribution in [1.82, 2.24) is 4.90 Å². The van der Waals surface area contributed by atoms with Gasteiger partial charge in [0, 0.05) is 12.5 Å². The lowest BCUT2D eigenvalue weighted by atomic mass is 10.1. The van der Waals surface area contributed by atoms with Crippen LogP contribution in [0.3, 0.4) is 0 Å². The molecule has 18 heavy (non-hydrogen) atoms. The highest BCUT2D eigenvalue weighted by Crippen LogP contribution is 2.27. The summed E-state index contributed by atoms with van der Waals surface area (Å²) in [6, 6.07) is 10.4. The number of halogens is 1. The summed E-state index contributed by atoms with van der Waals surface area (Å²) in [6.45, 7) is 6.22. The molecule has 1 saturated heterocycles. The van der Waals surface area contributed by atoms with E-state index in [1.54, 1.807) is 0 Å². The van der Waals surface area contributed by atoms with E-state index in [0.29, 0.717) is 5.91 Å². The maximum absolute atomic E-state index is 11.8. The van der Waals surface area contributed by atoms with Crippen LogP contribution in [0.25, 0.3) is 0 Å². The van der Waals surface area contributed by atoms with Crippen LogP contribution in [-0.2, 0) is 4.79 Å². The van der Waals surface area contributed by atoms with Gasteiger partial charge in [-0.3, -0.25) is 9.18 Å². The summed E-state index contributed by atoms with van der Waals surface area (Å²) in [5.41, 5.74) is 1.22. The molecule has 0 N–H and O–H groups in total. The van der Waals surface area contributed by atoms with Gasteiger partial charge in [-0.15, -0.1) is 0 Å². The first-order chi connectivity index (χ1) is 8.61. The minimum absolute atomic E-state index is 0.205. The van der Waals surface area contributed by atoms with Gasteiger partial charge in [0.05, 0.1) is 12.7 Å². The molecule has 0 spiro atoms. The Balaban J connectivity index is 0.000000492. The van der Waals surface area contributed by atoms with Crippen LogP contribution in [0.1, 0.15) is 38.8 Å². The number of carbonyl (C=O) groups is 1. The Bertz CT molecular complexity index is 366. The Kier molecular flexibility index (Phi) is 5.83. The van der Waals surface area contributed by atoms with Crippen molar-refractivity contribution in [3.63, 3.8) is 0 Å². The average Bonchev–Trinajstić information content (AvgIpc) is 2.71. The molecule has 3 heteroatoms. The quantitative estimate of drug-likeness (QED) is 0.786. The van der Waals surface area contributed by atoms with Gasteiger partial charge in [0.15, 0.2) is 0 Å². The Labute approximate surface area is 109 Å². The molecule has 2 nitrogen and oxygen atoms in total. The summed E-state index contributed by atoms with van der Waals surface area (Å²) in [5.74, 6) is 0.502. The van der Waals surface area contributed by atoms with E-state index in [1.807, 2.05) is 30.0 Å². The zero-order chi connectivity index (χ0) is 13.5. The summed E-state index contributed by atoms with van der Waals surface area (Å²) < 4.78 is 10.3. The molecule has 0 aromatic heterocycles. The third-order valence-electron chi connectivity index (χ3n) is 3.26. The van der Waals surface area contributed by atoms with E-state index < -0.39 is 0 Å². The summed E-state index contributed by atoms with van der Waals surface area (Å²) in [4.78, 5) is 13.8. The second kappa shape index (κ2) is 7.14. The number of likely N-dealkylation sites (tertiary alicyclic amines) is 1. The van der Waals surface area contributed by atoms with Crippen molar-refractivity contribution < 1.29 is 9.18 Å². The lowest BCUT2D eigenvalue weighted by Crippen LogP contribution is -2.29. The van der Waals surface area contributed by atoms with Crippen molar-refractivity contribution in [2.45, 2.75) is 33.2 Å². The van der Waals surface area contributed by atoms with Crippen molar-refractivity contribution in [1.29, 1.82) is 0 Å². The minimum atomic E-state index is -0.250. The number of alkyl halides is 1. The molecule has 2 atom stereocenters. The van der Waals surface area contributed by atoms with Gasteiger partial charge < -0.3 is 4.90 Å². The van der Waals surface area contributed by atoms with Crippen LogP contribution in [0.2, 0.25) is 0 Å². The molecule has 2 rings (SSSR count). The molecular formula is C15H22FNO. The molecule has 1 aliphatic heterocycles. The maximum atomic E-state index is 11.8. The molecule has 0 bridgehead atoms. The monoisotopic (exact) mass is 251 g/mol. The van der Waals surface area contributed by atoms with Gasteiger partial charge in [0.25, 0.3) is 0 Å². The van der Waals surface area contributed by atoms with Gasteiger partial charge in [-0.2, -0.15) is 0 Å². The van der Waals surface area contributed by atoms with E-state index in [2.05, 4.69) is 19.1 Å². The molecule has 0 radical (unpaired) electrons. The van der Waals surface area contributed by atoms with Gasteiger partial charge in [-0.1, -0.05) is 37.3 Å². The van der Waals surface area contributed by atoms with Gasteiger partial charge in [-0.25, -0.2) is 0 Å². The molecule has 0 saturated carbocycles. The zero-order valence-corrected chi connectivity index (χ0v) is 11.4. The lowest BCUT2D eigenvalue weighted by molar-refractivity contribution is -0.132. The van der Waals surface area contributed by atoms with E-state index in [-0.39, 0.29) is 18.6 Å². The van der Waals surface area contributed by atoms with Crippen LogP contribution in [0.15, 0.2) is 30.3 Å². The first kappa shape index (κ1) is 14.7. The Morgan fingerprint density at radius 3 is 2.39 bits per heavy atom. The van der Waals surface area contributed by atoms with E-state index >= 15 is 0 Å². The Morgan fingerprint density at radius 2 is 1.94 bits per heavy atom. The summed E-state index contributed by atoms with van der Waals surface area (Å²) in [5, 5.41) is 0. The number of benzene rings is 1. The van der Waals surface area contributed by atoms with Crippen molar-refractivity contribution in [2.24, 2.45) is 5.92 Å². The summed E-state index contributed by atoms with van der Waals surface area (Å²) >= 11 is 0. The smallest absolute Gasteiger partial charge is 0.225 e. The van der Waals surface area contributed by atoms with Gasteiger partial charge in [-0.05, 0) is 25.8 Å². The Hall–Kier alpha value is -1.38. The van der Waals surface area contributed by atoms with Crippen LogP contribution in [-0.4, -0.2) is 24.0 Å². The van der Waals surface area contributed by atoms with Crippen LogP contribution in [0, 0.1) is 5.92 Å². The average molecular weight is 251 g/mol. The highest BCUT2D eigenvalue weighted by Gasteiger charge is 2.31. The first-order valence-electron chi connectivity index (χ1n) is 6.53. The molecular weight excluding hydrogens is 229 g/mol. The fraction of sp³-hybridized carbons (Fsp3) is 0.533. The van der Waals surface area contributed by atoms with Crippen molar-refractivity contribution >= 4 is 5.91 Å². The normalized spacial score (nSPS) is 20.3. The molecule has 1 aromatic rings. The number of hydrogen-bond acceptors (Lipinski definition) is 1. The zero-order valence-electron chi connectivity index (χ0n) is 11.4. The molecule has 2 unspecified atom stereocenters. The third-order valence-corrected chi connectivity index (χ3v) is 3.26. The molecule has 1 fully saturated rings. The standard InChI is InChI=1S/C13H17NO.C2H5F/c1-10-8-9-14(13(10)15)11(2)12-6-4-3-5-7-12;1-2-3/h3-7,10-11H,8-9H2,1-2H3;2H2,1H3. The predicted octanol–water partition coefficient (Wildman–Crippen LogP) is 3.59. The minimum Gasteiger partial charge on any atom is -0.336 e. The fourth-order valence-corrected chi connectivity index (χ4v) is 2.15. The number of nitrogens with zero attached hydrogens (tertiary/aromatic N) is 1. The van der Waals surface area contributed by atoms with E-state index in [1.165, 1.54) is 12.5 Å². The van der Waals surface area contributed by atoms with E-state index in [0.717, 1.165) is 13.0 Å². The van der Waals surface area contributed by atoms with Crippen LogP contribution < -0.4 is 0 Å². The largest absolute Gasteiger partial charge is 0.336 e. The molecule has 1 aliphatic rings. The molecule has 0 aliphatic carbocycles. The highest BCUT2D eigenvalue weighted by molar-refractivity contribution is 5.80. The summed E-state index contributed by atoms with van der Waals surface area (Å²) in [6.07, 6.45) is 0.996. The molecule has 1 amide bonds. The molecule has 100 valence electrons. The van der Waals surface area contributed by atoms with Crippen molar-refractivity contribution in [2.75, 3.05) is 13.2 Å². The molecule has 1 aromatic carbocycles. The molecule has 1 heterocycles. The highest BCUT2D eigenvalue weighted by atomic mass is 19.1. The second-order valence-electron chi connectivity index (χ2n) is 4.58. The number of carbonyl (C=O) groups excluding carboxylic acids is 1. The van der Waals surface area contributed by atoms with E-state index in [9.17, 15) is 9.18 Å². The van der Waals surface area contributed by atoms with Crippen LogP contribution >= 0.6 is 0 Å². The van der Waals surface area contributed by atoms with E-state index in [4.69, 9.17) is 0 Å². The van der Waals surface area contributed by atoms with Gasteiger partial charge in [0.1, 0.15) is 0 Å². The number of rotatable bonds is 2. The maximum Gasteiger partial charge on any atom is 0.225 e.